The number of nitrogens with one attached hydrogen (secondary N) is 1. The summed E-state index contributed by atoms with van der Waals surface area (Å²) in [5.74, 6) is 0.178. The molecule has 5 heteroatoms. The molecular weight excluding hydrogens is 362 g/mol. The summed E-state index contributed by atoms with van der Waals surface area (Å²) in [6, 6.07) is 17.5. The molecule has 0 spiro atoms. The molecule has 2 aliphatic rings. The smallest absolute Gasteiger partial charge is 0.244 e. The SMILES string of the molecule is N#Cc1ccc(NC(=O)CN2C(=O)CC2c2ccccc2)c(C2CCCCC2)c1. The van der Waals surface area contributed by atoms with Gasteiger partial charge in [-0.05, 0) is 48.1 Å². The van der Waals surface area contributed by atoms with Crippen LogP contribution < -0.4 is 5.32 Å². The highest BCUT2D eigenvalue weighted by atomic mass is 16.2. The van der Waals surface area contributed by atoms with Gasteiger partial charge in [0.1, 0.15) is 6.54 Å². The maximum atomic E-state index is 12.8. The van der Waals surface area contributed by atoms with Gasteiger partial charge in [-0.1, -0.05) is 49.6 Å². The van der Waals surface area contributed by atoms with Crippen molar-refractivity contribution in [1.29, 1.82) is 5.26 Å². The largest absolute Gasteiger partial charge is 0.326 e. The number of hydrogen-bond donors (Lipinski definition) is 1. The third-order valence-electron chi connectivity index (χ3n) is 6.06. The van der Waals surface area contributed by atoms with Crippen LogP contribution in [0.2, 0.25) is 0 Å². The first kappa shape index (κ1) is 19.2. The third-order valence-corrected chi connectivity index (χ3v) is 6.06. The molecular formula is C24H25N3O2. The number of benzene rings is 2. The summed E-state index contributed by atoms with van der Waals surface area (Å²) in [6.45, 7) is 0.0441. The average Bonchev–Trinajstić information content (AvgIpc) is 2.77. The molecule has 0 radical (unpaired) electrons. The minimum Gasteiger partial charge on any atom is -0.326 e. The van der Waals surface area contributed by atoms with Crippen LogP contribution in [0.25, 0.3) is 0 Å². The fourth-order valence-corrected chi connectivity index (χ4v) is 4.47. The van der Waals surface area contributed by atoms with Crippen molar-refractivity contribution in [2.45, 2.75) is 50.5 Å². The molecule has 1 aliphatic heterocycles. The number of likely N-dealkylation sites (tertiary alicyclic amines) is 1. The summed E-state index contributed by atoms with van der Waals surface area (Å²) in [6.07, 6.45) is 6.21. The lowest BCUT2D eigenvalue weighted by Gasteiger charge is -2.40. The summed E-state index contributed by atoms with van der Waals surface area (Å²) in [5, 5.41) is 12.3. The second-order valence-corrected chi connectivity index (χ2v) is 7.95. The molecule has 0 bridgehead atoms. The van der Waals surface area contributed by atoms with Crippen LogP contribution >= 0.6 is 0 Å². The standard InChI is InChI=1S/C24H25N3O2/c25-15-17-11-12-21(20(13-17)18-7-3-1-4-8-18)26-23(28)16-27-22(14-24(27)29)19-9-5-2-6-10-19/h2,5-6,9-13,18,22H,1,3-4,7-8,14,16H2,(H,26,28). The predicted molar refractivity (Wildman–Crippen MR) is 111 cm³/mol. The van der Waals surface area contributed by atoms with Crippen LogP contribution in [0.4, 0.5) is 5.69 Å². The van der Waals surface area contributed by atoms with Crippen LogP contribution in [0.3, 0.4) is 0 Å². The number of nitriles is 1. The maximum absolute atomic E-state index is 12.8. The third kappa shape index (κ3) is 4.17. The van der Waals surface area contributed by atoms with Crippen LogP contribution in [-0.2, 0) is 9.59 Å². The fraction of sp³-hybridized carbons (Fsp3) is 0.375. The Bertz CT molecular complexity index is 942. The molecule has 1 atom stereocenters. The molecule has 4 rings (SSSR count). The minimum atomic E-state index is -0.194. The van der Waals surface area contributed by atoms with Gasteiger partial charge in [0.15, 0.2) is 0 Å². The Morgan fingerprint density at radius 3 is 2.55 bits per heavy atom. The molecule has 2 fully saturated rings. The number of β-lactam (4-membered cyclic amide) rings is 1. The first-order valence-corrected chi connectivity index (χ1v) is 10.3. The molecule has 1 N–H and O–H groups in total. The molecule has 5 nitrogen and oxygen atoms in total. The number of amides is 2. The van der Waals surface area contributed by atoms with E-state index in [-0.39, 0.29) is 24.4 Å². The highest BCUT2D eigenvalue weighted by molar-refractivity contribution is 5.96. The molecule has 148 valence electrons. The number of carbonyl (C=O) groups is 2. The lowest BCUT2D eigenvalue weighted by molar-refractivity contribution is -0.149. The normalized spacial score (nSPS) is 19.3. The van der Waals surface area contributed by atoms with Crippen LogP contribution in [-0.4, -0.2) is 23.3 Å². The number of rotatable bonds is 5. The first-order chi connectivity index (χ1) is 14.2. The van der Waals surface area contributed by atoms with Gasteiger partial charge in [0, 0.05) is 5.69 Å². The zero-order valence-corrected chi connectivity index (χ0v) is 16.4. The average molecular weight is 387 g/mol. The van der Waals surface area contributed by atoms with Gasteiger partial charge < -0.3 is 10.2 Å². The molecule has 1 heterocycles. The van der Waals surface area contributed by atoms with Gasteiger partial charge in [0.25, 0.3) is 0 Å². The monoisotopic (exact) mass is 387 g/mol. The highest BCUT2D eigenvalue weighted by Crippen LogP contribution is 2.37. The Kier molecular flexibility index (Phi) is 5.62. The number of nitrogens with zero attached hydrogens (tertiary/aromatic N) is 2. The Morgan fingerprint density at radius 2 is 1.86 bits per heavy atom. The summed E-state index contributed by atoms with van der Waals surface area (Å²) in [5.41, 5.74) is 3.49. The van der Waals surface area contributed by atoms with Crippen molar-refractivity contribution in [1.82, 2.24) is 4.90 Å². The topological polar surface area (TPSA) is 73.2 Å². The Balaban J connectivity index is 1.48. The fourth-order valence-electron chi connectivity index (χ4n) is 4.47. The lowest BCUT2D eigenvalue weighted by atomic mass is 9.83. The van der Waals surface area contributed by atoms with E-state index in [0.717, 1.165) is 29.7 Å². The van der Waals surface area contributed by atoms with Crippen molar-refractivity contribution in [3.8, 4) is 6.07 Å². The van der Waals surface area contributed by atoms with Gasteiger partial charge in [-0.15, -0.1) is 0 Å². The molecule has 1 unspecified atom stereocenters. The first-order valence-electron chi connectivity index (χ1n) is 10.3. The quantitative estimate of drug-likeness (QED) is 0.767. The van der Waals surface area contributed by atoms with E-state index in [0.29, 0.717) is 17.9 Å². The number of carbonyl (C=O) groups excluding carboxylic acids is 2. The van der Waals surface area contributed by atoms with Crippen LogP contribution in [0.5, 0.6) is 0 Å². The van der Waals surface area contributed by atoms with Gasteiger partial charge in [-0.3, -0.25) is 9.59 Å². The molecule has 2 aromatic carbocycles. The van der Waals surface area contributed by atoms with Gasteiger partial charge in [0.2, 0.25) is 11.8 Å². The molecule has 1 saturated heterocycles. The van der Waals surface area contributed by atoms with Gasteiger partial charge in [0.05, 0.1) is 24.1 Å². The van der Waals surface area contributed by atoms with Gasteiger partial charge >= 0.3 is 0 Å². The van der Waals surface area contributed by atoms with Crippen molar-refractivity contribution in [2.75, 3.05) is 11.9 Å². The zero-order valence-electron chi connectivity index (χ0n) is 16.4. The molecule has 2 aromatic rings. The highest BCUT2D eigenvalue weighted by Gasteiger charge is 2.38. The second kappa shape index (κ2) is 8.48. The van der Waals surface area contributed by atoms with E-state index in [9.17, 15) is 14.9 Å². The Morgan fingerprint density at radius 1 is 1.10 bits per heavy atom. The molecule has 1 aliphatic carbocycles. The zero-order chi connectivity index (χ0) is 20.2. The molecule has 2 amide bonds. The minimum absolute atomic E-state index is 0.00124. The number of anilines is 1. The number of hydrogen-bond acceptors (Lipinski definition) is 3. The van der Waals surface area contributed by atoms with Crippen LogP contribution in [0, 0.1) is 11.3 Å². The summed E-state index contributed by atoms with van der Waals surface area (Å²) in [7, 11) is 0. The summed E-state index contributed by atoms with van der Waals surface area (Å²) >= 11 is 0. The van der Waals surface area contributed by atoms with E-state index in [1.807, 2.05) is 42.5 Å². The van der Waals surface area contributed by atoms with Crippen molar-refractivity contribution in [3.05, 3.63) is 65.2 Å². The van der Waals surface area contributed by atoms with Gasteiger partial charge in [-0.25, -0.2) is 0 Å². The Labute approximate surface area is 171 Å². The van der Waals surface area contributed by atoms with Crippen LogP contribution in [0.1, 0.15) is 67.2 Å². The van der Waals surface area contributed by atoms with E-state index in [1.165, 1.54) is 19.3 Å². The van der Waals surface area contributed by atoms with E-state index in [1.54, 1.807) is 11.0 Å². The van der Waals surface area contributed by atoms with E-state index < -0.39 is 0 Å². The van der Waals surface area contributed by atoms with E-state index >= 15 is 0 Å². The summed E-state index contributed by atoms with van der Waals surface area (Å²) in [4.78, 5) is 26.5. The Hall–Kier alpha value is -3.13. The molecule has 1 saturated carbocycles. The maximum Gasteiger partial charge on any atom is 0.244 e. The second-order valence-electron chi connectivity index (χ2n) is 7.95. The van der Waals surface area contributed by atoms with E-state index in [4.69, 9.17) is 0 Å². The lowest BCUT2D eigenvalue weighted by Crippen LogP contribution is -2.49. The summed E-state index contributed by atoms with van der Waals surface area (Å²) < 4.78 is 0. The molecule has 29 heavy (non-hydrogen) atoms. The van der Waals surface area contributed by atoms with E-state index in [2.05, 4.69) is 11.4 Å². The molecule has 0 aromatic heterocycles. The van der Waals surface area contributed by atoms with Crippen molar-refractivity contribution in [2.24, 2.45) is 0 Å². The van der Waals surface area contributed by atoms with Crippen molar-refractivity contribution < 1.29 is 9.59 Å². The van der Waals surface area contributed by atoms with Gasteiger partial charge in [-0.2, -0.15) is 5.26 Å². The van der Waals surface area contributed by atoms with Crippen LogP contribution in [0.15, 0.2) is 48.5 Å². The van der Waals surface area contributed by atoms with Crippen molar-refractivity contribution >= 4 is 17.5 Å². The predicted octanol–water partition coefficient (Wildman–Crippen LogP) is 4.52. The van der Waals surface area contributed by atoms with Crippen molar-refractivity contribution in [3.63, 3.8) is 0 Å².